The van der Waals surface area contributed by atoms with Crippen LogP contribution in [0.25, 0.3) is 0 Å². The lowest BCUT2D eigenvalue weighted by Gasteiger charge is -2.62. The molecule has 2 unspecified atom stereocenters. The van der Waals surface area contributed by atoms with E-state index in [0.29, 0.717) is 57.9 Å². The highest BCUT2D eigenvalue weighted by Crippen LogP contribution is 2.70. The van der Waals surface area contributed by atoms with E-state index in [9.17, 15) is 24.9 Å². The zero-order chi connectivity index (χ0) is 72.5. The first-order valence-corrected chi connectivity index (χ1v) is 63.2. The van der Waals surface area contributed by atoms with Crippen LogP contribution in [0.1, 0.15) is 149 Å². The Morgan fingerprint density at radius 1 is 0.440 bits per heavy atom. The molecule has 0 saturated heterocycles. The number of aliphatic hydroxyl groups excluding tert-OH is 3. The quantitative estimate of drug-likeness (QED) is 0.0771. The average molecular weight is 1840 g/mol. The average Bonchev–Trinajstić information content (AvgIpc) is 1.38. The zero-order valence-corrected chi connectivity index (χ0v) is 77.3. The van der Waals surface area contributed by atoms with Crippen LogP contribution in [-0.4, -0.2) is 84.9 Å². The summed E-state index contributed by atoms with van der Waals surface area (Å²) >= 11 is 18.8. The molecular weight excluding hydrogens is 1750 g/mol. The molecule has 0 aliphatic heterocycles. The number of hydrogen-bond donors (Lipinski definition) is 3. The number of carbonyl (C=O) groups excluding carboxylic acids is 2. The van der Waals surface area contributed by atoms with E-state index >= 15 is 0 Å². The lowest BCUT2D eigenvalue weighted by molar-refractivity contribution is -0.234. The first-order valence-electron chi connectivity index (χ1n) is 32.5. The molecule has 100 heavy (non-hydrogen) atoms. The normalized spacial score (nSPS) is 31.2. The predicted molar refractivity (Wildman–Crippen MR) is 474 cm³/mol. The third-order valence-corrected chi connectivity index (χ3v) is 64.3. The molecule has 0 amide bonds. The second kappa shape index (κ2) is 48.1. The third-order valence-electron chi connectivity index (χ3n) is 22.1. The summed E-state index contributed by atoms with van der Waals surface area (Å²) in [6.45, 7) is 20.2. The summed E-state index contributed by atoms with van der Waals surface area (Å²) in [4.78, 5) is 27.1. The van der Waals surface area contributed by atoms with Gasteiger partial charge in [-0.05, 0) is 126 Å². The largest absolute Gasteiger partial charge is 0.396 e. The second-order valence-electron chi connectivity index (χ2n) is 26.5. The van der Waals surface area contributed by atoms with E-state index in [0.717, 1.165) is 68.1 Å². The van der Waals surface area contributed by atoms with Gasteiger partial charge in [-0.25, -0.2) is 0 Å². The molecule has 9 rings (SSSR count). The fraction of sp³-hybridized carbons (Fsp3) is 0.688. The predicted octanol–water partition coefficient (Wildman–Crippen LogP) is 11.6. The number of Topliss-reactive ketones (excluding diaryl/α,β-unsaturated/α-hetero) is 2. The highest BCUT2D eigenvalue weighted by atomic mass is 33.5. The van der Waals surface area contributed by atoms with Crippen LogP contribution in [0.4, 0.5) is 0 Å². The minimum Gasteiger partial charge on any atom is -0.396 e. The van der Waals surface area contributed by atoms with E-state index in [2.05, 4.69) is 89.9 Å². The highest BCUT2D eigenvalue weighted by molar-refractivity contribution is 8.76. The third kappa shape index (κ3) is 25.3. The van der Waals surface area contributed by atoms with Gasteiger partial charge in [0.05, 0.1) is 50.8 Å². The summed E-state index contributed by atoms with van der Waals surface area (Å²) in [5.74, 6) is 0.473. The van der Waals surface area contributed by atoms with Crippen molar-refractivity contribution in [3.63, 3.8) is 0 Å². The maximum Gasteiger partial charge on any atom is 0.147 e. The van der Waals surface area contributed by atoms with Crippen molar-refractivity contribution in [2.24, 2.45) is 68.0 Å². The van der Waals surface area contributed by atoms with Gasteiger partial charge in [0.1, 0.15) is 31.9 Å². The summed E-state index contributed by atoms with van der Waals surface area (Å²) in [5, 5.41) is 34.1. The van der Waals surface area contributed by atoms with Gasteiger partial charge in [-0.2, -0.15) is 0 Å². The number of ketones is 2. The van der Waals surface area contributed by atoms with E-state index in [1.807, 2.05) is 78.9 Å². The molecule has 3 aromatic carbocycles. The van der Waals surface area contributed by atoms with Gasteiger partial charge in [-0.3, -0.25) is 9.59 Å². The Bertz CT molecular complexity index is 4070. The molecule has 0 spiro atoms. The van der Waals surface area contributed by atoms with Crippen LogP contribution < -0.4 is 0 Å². The van der Waals surface area contributed by atoms with Crippen LogP contribution in [0, 0.1) is 68.0 Å². The molecule has 0 radical (unpaired) electrons. The number of aliphatic hydroxyl groups is 3. The van der Waals surface area contributed by atoms with E-state index in [4.69, 9.17) is 50.8 Å². The Balaban J connectivity index is 0.000000239. The molecule has 6 aliphatic carbocycles. The molecule has 16 atom stereocenters. The Kier molecular flexibility index (Phi) is 43.8. The van der Waals surface area contributed by atoms with Gasteiger partial charge in [-0.15, -0.1) is 0 Å². The van der Waals surface area contributed by atoms with Gasteiger partial charge in [-0.1, -0.05) is 146 Å². The molecule has 3 N–H and O–H groups in total. The van der Waals surface area contributed by atoms with Crippen LogP contribution in [0.15, 0.2) is 91.0 Å². The molecule has 4 bridgehead atoms. The summed E-state index contributed by atoms with van der Waals surface area (Å²) < 4.78 is 37.0. The Morgan fingerprint density at radius 2 is 0.750 bits per heavy atom. The van der Waals surface area contributed by atoms with Gasteiger partial charge >= 0.3 is 0 Å². The van der Waals surface area contributed by atoms with Gasteiger partial charge in [0.15, 0.2) is 0 Å². The van der Waals surface area contributed by atoms with Gasteiger partial charge in [0.25, 0.3) is 0 Å². The number of ether oxygens (including phenoxy) is 6. The van der Waals surface area contributed by atoms with Crippen molar-refractivity contribution < 1.29 is 53.3 Å². The molecular formula is C64H92O11S25. The topological polar surface area (TPSA) is 150 Å². The molecule has 6 aliphatic rings. The monoisotopic (exact) mass is 1840 g/mol. The molecule has 0 heterocycles. The lowest BCUT2D eigenvalue weighted by atomic mass is 9.43. The molecule has 6 fully saturated rings. The fourth-order valence-corrected chi connectivity index (χ4v) is 63.6. The van der Waals surface area contributed by atoms with Crippen LogP contribution in [-0.2, 0) is 289 Å². The summed E-state index contributed by atoms with van der Waals surface area (Å²) in [7, 11) is 34.4. The zero-order valence-electron chi connectivity index (χ0n) is 56.9. The fourth-order valence-electron chi connectivity index (χ4n) is 16.9. The summed E-state index contributed by atoms with van der Waals surface area (Å²) in [6.07, 6.45) is 7.80. The molecule has 564 valence electrons. The first-order chi connectivity index (χ1) is 48.3. The summed E-state index contributed by atoms with van der Waals surface area (Å²) in [5.41, 5.74) is 1.26. The van der Waals surface area contributed by atoms with Gasteiger partial charge in [0.2, 0.25) is 0 Å². The number of carbonyl (C=O) groups is 2. The Hall–Kier alpha value is 2.14. The van der Waals surface area contributed by atoms with Crippen molar-refractivity contribution in [2.75, 3.05) is 33.6 Å². The summed E-state index contributed by atoms with van der Waals surface area (Å²) in [6, 6.07) is 30.3. The van der Waals surface area contributed by atoms with Crippen molar-refractivity contribution in [1.29, 1.82) is 0 Å². The molecule has 36 heteroatoms. The minimum absolute atomic E-state index is 0.0257. The van der Waals surface area contributed by atoms with Crippen molar-refractivity contribution in [3.8, 4) is 0 Å². The maximum atomic E-state index is 13.8. The lowest BCUT2D eigenvalue weighted by Crippen LogP contribution is -2.64. The van der Waals surface area contributed by atoms with E-state index in [-0.39, 0.29) is 102 Å². The minimum atomic E-state index is -0.657. The van der Waals surface area contributed by atoms with Crippen LogP contribution in [0.5, 0.6) is 0 Å². The van der Waals surface area contributed by atoms with Crippen molar-refractivity contribution >= 4 is 243 Å². The number of rotatable bonds is 19. The maximum absolute atomic E-state index is 13.8. The van der Waals surface area contributed by atoms with E-state index < -0.39 is 23.0 Å². The van der Waals surface area contributed by atoms with Crippen LogP contribution >= 0.6 is 0 Å². The Labute approximate surface area is 672 Å². The number of benzene rings is 3. The molecule has 11 nitrogen and oxygen atoms in total. The SMILES string of the molecule is CC[C@@]1(C)C[C@@H](O)[C@@]2(C)C3C(=O)CC[C@@]3(CC[C@H]2CO)[C@@H](C)[C@@H]1OCOCc1ccccc1.CC[C@@]1(C)C[C@@H](O)[C@@]2(C)C3C(=O)CC[C@@]3(CC[C@H]2COCOCc2ccccc2)[C@@H](C)[C@@H]1OCOCc1ccccc1.S=S=S=S=S=S=S=S=S=S=S=S.S=S=S=S=S=S=S=S=S=S=S=S=S. The first kappa shape index (κ1) is 91.0. The number of hydrogen-bond acceptors (Lipinski definition) is 15. The second-order valence-corrected chi connectivity index (χ2v) is 63.7. The van der Waals surface area contributed by atoms with Crippen molar-refractivity contribution in [3.05, 3.63) is 108 Å². The molecule has 6 saturated carbocycles. The smallest absolute Gasteiger partial charge is 0.147 e. The van der Waals surface area contributed by atoms with Crippen molar-refractivity contribution in [2.45, 2.75) is 177 Å². The van der Waals surface area contributed by atoms with Crippen LogP contribution in [0.3, 0.4) is 0 Å². The Morgan fingerprint density at radius 3 is 1.07 bits per heavy atom. The molecule has 3 aromatic rings. The van der Waals surface area contributed by atoms with Gasteiger partial charge < -0.3 is 43.7 Å². The van der Waals surface area contributed by atoms with E-state index in [1.165, 1.54) is 35.5 Å². The highest BCUT2D eigenvalue weighted by Gasteiger charge is 2.70. The van der Waals surface area contributed by atoms with Gasteiger partial charge in [0, 0.05) is 273 Å². The van der Waals surface area contributed by atoms with E-state index in [1.54, 1.807) is 151 Å². The standard InChI is InChI=1S/C36H50O6.C28H42O5.S13.S12/c1-5-34(3)20-31(38)35(4)29(23-41-24-39-21-27-12-8-6-9-13-27)16-18-36(19-17-30(37)32(35)36)26(2)33(34)42-25-40-22-28-14-10-7-11-15-28;1-5-26(3)15-23(31)27(4)21(16-29)11-13-28(14-12-22(30)24(27)28)19(2)25(26)33-18-32-17-20-9-7-6-8-10-20;1-3-5-7-9-11-13-12-10-8-6-4-2;1-3-5-7-9-11-12-10-8-6-4-2/h6-15,26,29,31-33,38H,5,16-25H2,1-4H3;6-10,19,21,23-25,29,31H,5,11-18H2,1-4H3;;/t26-,29-,31+,32?,33-,34-,35-,36-;19-,21-,23+,24?,25-,26-,27-,28-;;/m00../s1. The van der Waals surface area contributed by atoms with Crippen LogP contribution in [0.2, 0.25) is 0 Å². The molecule has 0 aromatic heterocycles. The van der Waals surface area contributed by atoms with Crippen molar-refractivity contribution in [1.82, 2.24) is 0 Å².